The Morgan fingerprint density at radius 3 is 2.40 bits per heavy atom. The summed E-state index contributed by atoms with van der Waals surface area (Å²) < 4.78 is 6.31. The number of anilines is 2. The fourth-order valence-corrected chi connectivity index (χ4v) is 4.11. The molecule has 0 saturated heterocycles. The number of rotatable bonds is 4. The van der Waals surface area contributed by atoms with Crippen molar-refractivity contribution in [2.45, 2.75) is 24.8 Å². The van der Waals surface area contributed by atoms with Crippen LogP contribution < -0.4 is 9.64 Å². The first-order chi connectivity index (χ1) is 12.3. The quantitative estimate of drug-likeness (QED) is 0.481. The van der Waals surface area contributed by atoms with Gasteiger partial charge in [-0.25, -0.2) is 0 Å². The predicted octanol–water partition coefficient (Wildman–Crippen LogP) is 6.80. The van der Waals surface area contributed by atoms with Crippen molar-refractivity contribution in [3.8, 4) is 11.5 Å². The minimum Gasteiger partial charge on any atom is -0.452 e. The van der Waals surface area contributed by atoms with E-state index < -0.39 is 0 Å². The third-order valence-electron chi connectivity index (χ3n) is 4.52. The number of hydrogen-bond acceptors (Lipinski definition) is 3. The van der Waals surface area contributed by atoms with E-state index in [1.54, 1.807) is 0 Å². The molecule has 1 aliphatic rings. The molecule has 3 aromatic carbocycles. The van der Waals surface area contributed by atoms with Crippen LogP contribution >= 0.6 is 11.8 Å². The van der Waals surface area contributed by atoms with Crippen molar-refractivity contribution in [2.75, 3.05) is 10.7 Å². The van der Waals surface area contributed by atoms with Crippen molar-refractivity contribution in [2.24, 2.45) is 0 Å². The van der Waals surface area contributed by atoms with Crippen LogP contribution in [0.15, 0.2) is 77.7 Å². The molecule has 0 bridgehead atoms. The number of nitrogens with zero attached hydrogens (tertiary/aromatic N) is 1. The lowest BCUT2D eigenvalue weighted by molar-refractivity contribution is 0.457. The molecule has 0 saturated carbocycles. The Morgan fingerprint density at radius 2 is 1.60 bits per heavy atom. The average molecular weight is 347 g/mol. The van der Waals surface area contributed by atoms with Crippen molar-refractivity contribution >= 4 is 23.1 Å². The molecule has 25 heavy (non-hydrogen) atoms. The van der Waals surface area contributed by atoms with E-state index in [0.717, 1.165) is 28.6 Å². The molecule has 0 fully saturated rings. The molecule has 1 heterocycles. The summed E-state index contributed by atoms with van der Waals surface area (Å²) in [5, 5.41) is 0. The van der Waals surface area contributed by atoms with Crippen molar-refractivity contribution in [1.29, 1.82) is 0 Å². The standard InChI is InChI=1S/C22H21NOS/c1-3-25-21-15-9-13-19-22(21)24-20-14-8-7-12-18(20)23(19)16(2)17-10-5-4-6-11-17/h4-16H,3H2,1-2H3. The Morgan fingerprint density at radius 1 is 0.880 bits per heavy atom. The van der Waals surface area contributed by atoms with Crippen molar-refractivity contribution < 1.29 is 4.74 Å². The van der Waals surface area contributed by atoms with E-state index in [9.17, 15) is 0 Å². The first kappa shape index (κ1) is 16.1. The molecule has 1 aliphatic heterocycles. The summed E-state index contributed by atoms with van der Waals surface area (Å²) in [7, 11) is 0. The normalized spacial score (nSPS) is 13.6. The lowest BCUT2D eigenvalue weighted by Crippen LogP contribution is -2.25. The SMILES string of the molecule is CCSc1cccc2c1Oc1ccccc1N2C(C)c1ccccc1. The monoisotopic (exact) mass is 347 g/mol. The van der Waals surface area contributed by atoms with Gasteiger partial charge in [-0.1, -0.05) is 55.5 Å². The molecule has 1 unspecified atom stereocenters. The Bertz CT molecular complexity index is 878. The first-order valence-electron chi connectivity index (χ1n) is 8.66. The van der Waals surface area contributed by atoms with Crippen LogP contribution in [0.25, 0.3) is 0 Å². The molecule has 0 N–H and O–H groups in total. The van der Waals surface area contributed by atoms with Gasteiger partial charge in [0.05, 0.1) is 22.3 Å². The summed E-state index contributed by atoms with van der Waals surface area (Å²) in [6, 6.07) is 25.6. The van der Waals surface area contributed by atoms with Crippen LogP contribution in [0, 0.1) is 0 Å². The highest BCUT2D eigenvalue weighted by Gasteiger charge is 2.30. The van der Waals surface area contributed by atoms with Gasteiger partial charge in [0.2, 0.25) is 0 Å². The van der Waals surface area contributed by atoms with Crippen LogP contribution in [-0.4, -0.2) is 5.75 Å². The van der Waals surface area contributed by atoms with E-state index in [-0.39, 0.29) is 6.04 Å². The van der Waals surface area contributed by atoms with E-state index in [0.29, 0.717) is 0 Å². The third-order valence-corrected chi connectivity index (χ3v) is 5.44. The lowest BCUT2D eigenvalue weighted by Gasteiger charge is -2.38. The summed E-state index contributed by atoms with van der Waals surface area (Å²) in [6.07, 6.45) is 0. The van der Waals surface area contributed by atoms with E-state index in [2.05, 4.69) is 85.5 Å². The minimum absolute atomic E-state index is 0.215. The highest BCUT2D eigenvalue weighted by Crippen LogP contribution is 2.52. The van der Waals surface area contributed by atoms with Gasteiger partial charge in [-0.15, -0.1) is 11.8 Å². The first-order valence-corrected chi connectivity index (χ1v) is 9.65. The molecule has 126 valence electrons. The van der Waals surface area contributed by atoms with Gasteiger partial charge >= 0.3 is 0 Å². The molecule has 0 spiro atoms. The Hall–Kier alpha value is -2.39. The van der Waals surface area contributed by atoms with E-state index >= 15 is 0 Å². The van der Waals surface area contributed by atoms with E-state index in [1.807, 2.05) is 17.8 Å². The average Bonchev–Trinajstić information content (AvgIpc) is 2.67. The van der Waals surface area contributed by atoms with Crippen LogP contribution in [0.5, 0.6) is 11.5 Å². The Labute approximate surface area is 153 Å². The van der Waals surface area contributed by atoms with Gasteiger partial charge in [-0.2, -0.15) is 0 Å². The molecular formula is C22H21NOS. The fourth-order valence-electron chi connectivity index (χ4n) is 3.35. The smallest absolute Gasteiger partial charge is 0.164 e. The highest BCUT2D eigenvalue weighted by molar-refractivity contribution is 7.99. The second-order valence-electron chi connectivity index (χ2n) is 6.06. The van der Waals surface area contributed by atoms with Gasteiger partial charge in [0.25, 0.3) is 0 Å². The maximum Gasteiger partial charge on any atom is 0.164 e. The molecule has 0 amide bonds. The highest BCUT2D eigenvalue weighted by atomic mass is 32.2. The van der Waals surface area contributed by atoms with Gasteiger partial charge in [0.15, 0.2) is 11.5 Å². The molecular weight excluding hydrogens is 326 g/mol. The number of fused-ring (bicyclic) bond motifs is 2. The maximum absolute atomic E-state index is 6.31. The molecule has 0 radical (unpaired) electrons. The van der Waals surface area contributed by atoms with Crippen LogP contribution in [-0.2, 0) is 0 Å². The van der Waals surface area contributed by atoms with Gasteiger partial charge in [0.1, 0.15) is 0 Å². The zero-order valence-electron chi connectivity index (χ0n) is 14.5. The molecule has 0 aromatic heterocycles. The minimum atomic E-state index is 0.215. The van der Waals surface area contributed by atoms with E-state index in [4.69, 9.17) is 4.74 Å². The fraction of sp³-hybridized carbons (Fsp3) is 0.182. The van der Waals surface area contributed by atoms with E-state index in [1.165, 1.54) is 10.5 Å². The zero-order chi connectivity index (χ0) is 17.2. The lowest BCUT2D eigenvalue weighted by atomic mass is 10.0. The number of hydrogen-bond donors (Lipinski definition) is 0. The van der Waals surface area contributed by atoms with Crippen LogP contribution in [0.4, 0.5) is 11.4 Å². The maximum atomic E-state index is 6.31. The summed E-state index contributed by atoms with van der Waals surface area (Å²) in [5.41, 5.74) is 3.54. The summed E-state index contributed by atoms with van der Waals surface area (Å²) in [4.78, 5) is 3.59. The van der Waals surface area contributed by atoms with Crippen molar-refractivity contribution in [3.05, 3.63) is 78.4 Å². The van der Waals surface area contributed by atoms with Gasteiger partial charge < -0.3 is 9.64 Å². The second kappa shape index (κ2) is 6.85. The van der Waals surface area contributed by atoms with Crippen LogP contribution in [0.1, 0.15) is 25.5 Å². The second-order valence-corrected chi connectivity index (χ2v) is 7.37. The summed E-state index contributed by atoms with van der Waals surface area (Å²) in [6.45, 7) is 4.42. The molecule has 3 aromatic rings. The number of benzene rings is 3. The molecule has 0 aliphatic carbocycles. The Kier molecular flexibility index (Phi) is 4.41. The summed E-state index contributed by atoms with van der Waals surface area (Å²) in [5.74, 6) is 2.91. The zero-order valence-corrected chi connectivity index (χ0v) is 15.3. The molecule has 4 rings (SSSR count). The number of para-hydroxylation sites is 3. The number of ether oxygens (including phenoxy) is 1. The van der Waals surface area contributed by atoms with Gasteiger partial charge in [-0.05, 0) is 42.5 Å². The van der Waals surface area contributed by atoms with Crippen molar-refractivity contribution in [3.63, 3.8) is 0 Å². The molecule has 1 atom stereocenters. The largest absolute Gasteiger partial charge is 0.452 e. The van der Waals surface area contributed by atoms with Gasteiger partial charge in [-0.3, -0.25) is 0 Å². The van der Waals surface area contributed by atoms with Crippen molar-refractivity contribution in [1.82, 2.24) is 0 Å². The molecule has 2 nitrogen and oxygen atoms in total. The number of thioether (sulfide) groups is 1. The predicted molar refractivity (Wildman–Crippen MR) is 106 cm³/mol. The summed E-state index contributed by atoms with van der Waals surface area (Å²) >= 11 is 1.82. The van der Waals surface area contributed by atoms with Crippen LogP contribution in [0.2, 0.25) is 0 Å². The topological polar surface area (TPSA) is 12.5 Å². The molecule has 3 heteroatoms. The Balaban J connectivity index is 1.88. The van der Waals surface area contributed by atoms with Gasteiger partial charge in [0, 0.05) is 0 Å². The van der Waals surface area contributed by atoms with Crippen LogP contribution in [0.3, 0.4) is 0 Å². The third kappa shape index (κ3) is 2.89.